The molecule has 0 spiro atoms. The molecule has 2 atom stereocenters. The Bertz CT molecular complexity index is 953. The smallest absolute Gasteiger partial charge is 0.407 e. The van der Waals surface area contributed by atoms with E-state index in [-0.39, 0.29) is 37.3 Å². The number of nitrogens with one attached hydrogen (secondary N) is 1. The van der Waals surface area contributed by atoms with E-state index < -0.39 is 17.8 Å². The van der Waals surface area contributed by atoms with Crippen LogP contribution in [0.3, 0.4) is 0 Å². The van der Waals surface area contributed by atoms with Gasteiger partial charge in [-0.15, -0.1) is 0 Å². The first-order valence-corrected chi connectivity index (χ1v) is 24.5. The van der Waals surface area contributed by atoms with E-state index in [4.69, 9.17) is 23.7 Å². The van der Waals surface area contributed by atoms with Gasteiger partial charge in [0.15, 0.2) is 0 Å². The van der Waals surface area contributed by atoms with E-state index in [9.17, 15) is 14.4 Å². The number of carbonyl (C=O) groups is 3. The number of alkyl carbamates (subject to hydrolysis) is 1. The van der Waals surface area contributed by atoms with Gasteiger partial charge in [0.25, 0.3) is 0 Å². The molecular weight excluding hydrogens is 731 g/mol. The number of hydrogen-bond acceptors (Lipinski definition) is 8. The Morgan fingerprint density at radius 1 is 0.534 bits per heavy atom. The maximum Gasteiger partial charge on any atom is 0.407 e. The highest BCUT2D eigenvalue weighted by Crippen LogP contribution is 2.22. The van der Waals surface area contributed by atoms with E-state index in [1.165, 1.54) is 128 Å². The van der Waals surface area contributed by atoms with Crippen molar-refractivity contribution in [3.63, 3.8) is 0 Å². The van der Waals surface area contributed by atoms with Crippen LogP contribution in [0.25, 0.3) is 0 Å². The van der Waals surface area contributed by atoms with Crippen molar-refractivity contribution in [1.29, 1.82) is 0 Å². The lowest BCUT2D eigenvalue weighted by Gasteiger charge is -2.30. The fraction of sp³-hybridized carbons (Fsp3) is 0.939. The van der Waals surface area contributed by atoms with E-state index in [0.29, 0.717) is 32.3 Å². The first-order valence-electron chi connectivity index (χ1n) is 24.5. The van der Waals surface area contributed by atoms with Gasteiger partial charge in [0.1, 0.15) is 12.7 Å². The van der Waals surface area contributed by atoms with Crippen LogP contribution in [0.4, 0.5) is 4.79 Å². The van der Waals surface area contributed by atoms with Crippen LogP contribution in [0.15, 0.2) is 0 Å². The first kappa shape index (κ1) is 56.1. The average Bonchev–Trinajstić information content (AvgIpc) is 3.20. The van der Waals surface area contributed by atoms with E-state index in [2.05, 4.69) is 33.0 Å². The Labute approximate surface area is 358 Å². The second-order valence-electron chi connectivity index (χ2n) is 17.7. The van der Waals surface area contributed by atoms with Gasteiger partial charge in [-0.1, -0.05) is 175 Å². The monoisotopic (exact) mass is 826 g/mol. The maximum absolute atomic E-state index is 12.8. The van der Waals surface area contributed by atoms with Crippen molar-refractivity contribution >= 4 is 18.0 Å². The number of hydrogen-bond donors (Lipinski definition) is 1. The van der Waals surface area contributed by atoms with Crippen LogP contribution < -0.4 is 5.32 Å². The lowest BCUT2D eigenvalue weighted by molar-refractivity contribution is -0.159. The zero-order valence-electron chi connectivity index (χ0n) is 39.3. The number of ether oxygens (including phenoxy) is 5. The summed E-state index contributed by atoms with van der Waals surface area (Å²) in [5.41, 5.74) is -0.666. The summed E-state index contributed by atoms with van der Waals surface area (Å²) >= 11 is 0. The van der Waals surface area contributed by atoms with Gasteiger partial charge in [-0.25, -0.2) is 4.79 Å². The van der Waals surface area contributed by atoms with Crippen molar-refractivity contribution < 1.29 is 38.1 Å². The lowest BCUT2D eigenvalue weighted by Crippen LogP contribution is -2.34. The number of rotatable bonds is 43. The summed E-state index contributed by atoms with van der Waals surface area (Å²) in [6, 6.07) is 0. The Kier molecular flexibility index (Phi) is 38.0. The molecule has 0 fully saturated rings. The van der Waals surface area contributed by atoms with Gasteiger partial charge in [0, 0.05) is 39.3 Å². The van der Waals surface area contributed by atoms with E-state index in [1.807, 2.05) is 13.8 Å². The Morgan fingerprint density at radius 2 is 0.966 bits per heavy atom. The van der Waals surface area contributed by atoms with Crippen molar-refractivity contribution in [1.82, 2.24) is 5.32 Å². The van der Waals surface area contributed by atoms with Crippen LogP contribution in [-0.4, -0.2) is 68.8 Å². The highest BCUT2D eigenvalue weighted by atomic mass is 16.6. The lowest BCUT2D eigenvalue weighted by atomic mass is 9.99. The number of unbranched alkanes of at least 4 members (excludes halogenated alkanes) is 24. The highest BCUT2D eigenvalue weighted by molar-refractivity contribution is 5.70. The molecule has 0 rings (SSSR count). The summed E-state index contributed by atoms with van der Waals surface area (Å²) in [5, 5.41) is 2.76. The van der Waals surface area contributed by atoms with E-state index in [0.717, 1.165) is 51.4 Å². The molecule has 2 unspecified atom stereocenters. The predicted octanol–water partition coefficient (Wildman–Crippen LogP) is 13.9. The molecule has 0 aromatic rings. The minimum Gasteiger partial charge on any atom is -0.462 e. The van der Waals surface area contributed by atoms with E-state index in [1.54, 1.807) is 7.11 Å². The SMILES string of the molecule is CCCCCCCCCCCCCCCC(=O)OCC(CCNC(=O)OCCC(C)(C)OCCC(C)(CC)OC)OC(=O)CCCCCCCCCCCCCCC. The minimum absolute atomic E-state index is 0.00990. The largest absolute Gasteiger partial charge is 0.462 e. The zero-order valence-corrected chi connectivity index (χ0v) is 39.3. The maximum atomic E-state index is 12.8. The molecule has 9 nitrogen and oxygen atoms in total. The second kappa shape index (κ2) is 39.3. The molecule has 58 heavy (non-hydrogen) atoms. The number of esters is 2. The normalized spacial score (nSPS) is 13.2. The van der Waals surface area contributed by atoms with Crippen molar-refractivity contribution in [2.45, 2.75) is 264 Å². The molecule has 0 saturated carbocycles. The molecule has 0 saturated heterocycles. The summed E-state index contributed by atoms with van der Waals surface area (Å²) in [5.74, 6) is -0.547. The van der Waals surface area contributed by atoms with Crippen LogP contribution >= 0.6 is 0 Å². The number of methoxy groups -OCH3 is 1. The predicted molar refractivity (Wildman–Crippen MR) is 240 cm³/mol. The van der Waals surface area contributed by atoms with Gasteiger partial charge in [0.05, 0.1) is 24.4 Å². The number of amides is 1. The highest BCUT2D eigenvalue weighted by Gasteiger charge is 2.25. The zero-order chi connectivity index (χ0) is 43.0. The third-order valence-electron chi connectivity index (χ3n) is 11.7. The van der Waals surface area contributed by atoms with Gasteiger partial charge < -0.3 is 29.0 Å². The minimum atomic E-state index is -0.626. The Balaban J connectivity index is 4.54. The average molecular weight is 826 g/mol. The topological polar surface area (TPSA) is 109 Å². The van der Waals surface area contributed by atoms with Crippen molar-refractivity contribution in [3.05, 3.63) is 0 Å². The van der Waals surface area contributed by atoms with Gasteiger partial charge in [-0.3, -0.25) is 9.59 Å². The first-order chi connectivity index (χ1) is 28.0. The molecular formula is C49H95NO8. The molecule has 0 aliphatic carbocycles. The standard InChI is InChI=1S/C49H95NO8/c1-8-11-13-15-17-19-21-23-25-27-29-31-33-35-45(51)56-43-44(58-46(52)36-34-32-30-28-26-24-22-20-18-16-14-12-9-2)37-40-50-47(53)55-41-38-48(4,5)57-42-39-49(6,10-3)54-7/h44H,8-43H2,1-7H3,(H,50,53). The number of carbonyl (C=O) groups excluding carboxylic acids is 3. The van der Waals surface area contributed by atoms with Crippen molar-refractivity contribution in [2.75, 3.05) is 33.5 Å². The van der Waals surface area contributed by atoms with Crippen LogP contribution in [0.5, 0.6) is 0 Å². The molecule has 0 bridgehead atoms. The van der Waals surface area contributed by atoms with Crippen LogP contribution in [-0.2, 0) is 33.3 Å². The molecule has 344 valence electrons. The molecule has 1 N–H and O–H groups in total. The van der Waals surface area contributed by atoms with Gasteiger partial charge >= 0.3 is 18.0 Å². The molecule has 9 heteroatoms. The molecule has 0 aromatic heterocycles. The summed E-state index contributed by atoms with van der Waals surface area (Å²) in [6.45, 7) is 13.7. The van der Waals surface area contributed by atoms with Crippen molar-refractivity contribution in [2.24, 2.45) is 0 Å². The summed E-state index contributed by atoms with van der Waals surface area (Å²) in [7, 11) is 1.72. The Morgan fingerprint density at radius 3 is 1.40 bits per heavy atom. The molecule has 0 radical (unpaired) electrons. The van der Waals surface area contributed by atoms with Crippen molar-refractivity contribution in [3.8, 4) is 0 Å². The van der Waals surface area contributed by atoms with Gasteiger partial charge in [-0.2, -0.15) is 0 Å². The summed E-state index contributed by atoms with van der Waals surface area (Å²) in [6.07, 6.45) is 34.5. The fourth-order valence-corrected chi connectivity index (χ4v) is 7.07. The van der Waals surface area contributed by atoms with Gasteiger partial charge in [-0.05, 0) is 46.5 Å². The van der Waals surface area contributed by atoms with E-state index >= 15 is 0 Å². The van der Waals surface area contributed by atoms with Crippen LogP contribution in [0, 0.1) is 0 Å². The fourth-order valence-electron chi connectivity index (χ4n) is 7.07. The molecule has 0 aliphatic rings. The summed E-state index contributed by atoms with van der Waals surface area (Å²) in [4.78, 5) is 37.9. The second-order valence-corrected chi connectivity index (χ2v) is 17.7. The molecule has 0 aromatic carbocycles. The third-order valence-corrected chi connectivity index (χ3v) is 11.7. The Hall–Kier alpha value is -1.87. The summed E-state index contributed by atoms with van der Waals surface area (Å²) < 4.78 is 28.5. The third kappa shape index (κ3) is 37.2. The molecule has 0 heterocycles. The van der Waals surface area contributed by atoms with Crippen LogP contribution in [0.1, 0.15) is 247 Å². The quantitative estimate of drug-likeness (QED) is 0.0368. The van der Waals surface area contributed by atoms with Gasteiger partial charge in [0.2, 0.25) is 0 Å². The molecule has 1 amide bonds. The van der Waals surface area contributed by atoms with Crippen LogP contribution in [0.2, 0.25) is 0 Å². The molecule has 0 aliphatic heterocycles.